The Morgan fingerprint density at radius 2 is 2.25 bits per heavy atom. The molecule has 2 atom stereocenters. The molecular formula is C9H18N2O. The SMILES string of the molecule is CCCC(C)OCC(C)(N)C#N. The number of nitriles is 1. The molecule has 3 heteroatoms. The van der Waals surface area contributed by atoms with Crippen LogP contribution in [0.5, 0.6) is 0 Å². The van der Waals surface area contributed by atoms with Crippen LogP contribution in [-0.2, 0) is 4.74 Å². The molecule has 0 saturated carbocycles. The third kappa shape index (κ3) is 5.11. The number of hydrogen-bond donors (Lipinski definition) is 1. The summed E-state index contributed by atoms with van der Waals surface area (Å²) in [6.45, 7) is 6.08. The maximum Gasteiger partial charge on any atom is 0.125 e. The molecule has 0 aromatic rings. The van der Waals surface area contributed by atoms with E-state index in [2.05, 4.69) is 6.92 Å². The minimum Gasteiger partial charge on any atom is -0.375 e. The summed E-state index contributed by atoms with van der Waals surface area (Å²) >= 11 is 0. The molecule has 0 radical (unpaired) electrons. The van der Waals surface area contributed by atoms with Crippen molar-refractivity contribution >= 4 is 0 Å². The number of nitrogens with two attached hydrogens (primary N) is 1. The smallest absolute Gasteiger partial charge is 0.125 e. The first-order chi connectivity index (χ1) is 5.52. The first-order valence-electron chi connectivity index (χ1n) is 4.33. The van der Waals surface area contributed by atoms with Gasteiger partial charge in [-0.3, -0.25) is 0 Å². The molecule has 0 aromatic carbocycles. The molecule has 2 unspecified atom stereocenters. The third-order valence-corrected chi connectivity index (χ3v) is 1.62. The molecule has 3 nitrogen and oxygen atoms in total. The van der Waals surface area contributed by atoms with Crippen LogP contribution >= 0.6 is 0 Å². The number of ether oxygens (including phenoxy) is 1. The standard InChI is InChI=1S/C9H18N2O/c1-4-5-8(2)12-7-9(3,11)6-10/h8H,4-5,7,11H2,1-3H3. The average molecular weight is 170 g/mol. The monoisotopic (exact) mass is 170 g/mol. The van der Waals surface area contributed by atoms with Gasteiger partial charge in [-0.2, -0.15) is 5.26 Å². The van der Waals surface area contributed by atoms with Gasteiger partial charge in [0.15, 0.2) is 0 Å². The van der Waals surface area contributed by atoms with Gasteiger partial charge >= 0.3 is 0 Å². The lowest BCUT2D eigenvalue weighted by Crippen LogP contribution is -2.40. The van der Waals surface area contributed by atoms with Gasteiger partial charge in [0, 0.05) is 0 Å². The van der Waals surface area contributed by atoms with Crippen molar-refractivity contribution in [3.8, 4) is 6.07 Å². The molecule has 0 amide bonds. The molecular weight excluding hydrogens is 152 g/mol. The maximum absolute atomic E-state index is 8.58. The molecule has 0 fully saturated rings. The summed E-state index contributed by atoms with van der Waals surface area (Å²) in [5, 5.41) is 8.58. The molecule has 0 spiro atoms. The van der Waals surface area contributed by atoms with Crippen molar-refractivity contribution in [2.24, 2.45) is 5.73 Å². The Morgan fingerprint density at radius 1 is 1.67 bits per heavy atom. The average Bonchev–Trinajstić information content (AvgIpc) is 2.02. The second kappa shape index (κ2) is 5.13. The fraction of sp³-hybridized carbons (Fsp3) is 0.889. The van der Waals surface area contributed by atoms with E-state index in [1.165, 1.54) is 0 Å². The lowest BCUT2D eigenvalue weighted by Gasteiger charge is -2.19. The van der Waals surface area contributed by atoms with Gasteiger partial charge in [-0.1, -0.05) is 13.3 Å². The zero-order chi connectivity index (χ0) is 9.61. The molecule has 12 heavy (non-hydrogen) atoms. The summed E-state index contributed by atoms with van der Waals surface area (Å²) in [7, 11) is 0. The van der Waals surface area contributed by atoms with Crippen LogP contribution in [0.15, 0.2) is 0 Å². The minimum atomic E-state index is -0.845. The molecule has 70 valence electrons. The van der Waals surface area contributed by atoms with Crippen molar-refractivity contribution in [3.63, 3.8) is 0 Å². The van der Waals surface area contributed by atoms with Crippen molar-refractivity contribution in [3.05, 3.63) is 0 Å². The Kier molecular flexibility index (Phi) is 4.87. The summed E-state index contributed by atoms with van der Waals surface area (Å²) in [6, 6.07) is 1.99. The van der Waals surface area contributed by atoms with Gasteiger partial charge in [-0.05, 0) is 20.3 Å². The van der Waals surface area contributed by atoms with Gasteiger partial charge in [-0.15, -0.1) is 0 Å². The van der Waals surface area contributed by atoms with Crippen molar-refractivity contribution in [1.82, 2.24) is 0 Å². The molecule has 0 rings (SSSR count). The van der Waals surface area contributed by atoms with Gasteiger partial charge in [0.1, 0.15) is 5.54 Å². The highest BCUT2D eigenvalue weighted by Crippen LogP contribution is 2.04. The van der Waals surface area contributed by atoms with Crippen molar-refractivity contribution in [2.45, 2.75) is 45.3 Å². The molecule has 0 aromatic heterocycles. The lowest BCUT2D eigenvalue weighted by molar-refractivity contribution is 0.0411. The number of hydrogen-bond acceptors (Lipinski definition) is 3. The Hall–Kier alpha value is -0.590. The van der Waals surface area contributed by atoms with Gasteiger partial charge in [-0.25, -0.2) is 0 Å². The Balaban J connectivity index is 3.62. The molecule has 0 aliphatic heterocycles. The fourth-order valence-corrected chi connectivity index (χ4v) is 0.838. The van der Waals surface area contributed by atoms with E-state index < -0.39 is 5.54 Å². The zero-order valence-electron chi connectivity index (χ0n) is 8.13. The predicted molar refractivity (Wildman–Crippen MR) is 48.5 cm³/mol. The van der Waals surface area contributed by atoms with E-state index in [9.17, 15) is 0 Å². The largest absolute Gasteiger partial charge is 0.375 e. The lowest BCUT2D eigenvalue weighted by atomic mass is 10.1. The van der Waals surface area contributed by atoms with Gasteiger partial charge < -0.3 is 10.5 Å². The highest BCUT2D eigenvalue weighted by atomic mass is 16.5. The first kappa shape index (κ1) is 11.4. The van der Waals surface area contributed by atoms with Gasteiger partial charge in [0.25, 0.3) is 0 Å². The topological polar surface area (TPSA) is 59.0 Å². The van der Waals surface area contributed by atoms with Crippen LogP contribution in [0.4, 0.5) is 0 Å². The van der Waals surface area contributed by atoms with Gasteiger partial charge in [0.05, 0.1) is 18.8 Å². The van der Waals surface area contributed by atoms with Gasteiger partial charge in [0.2, 0.25) is 0 Å². The van der Waals surface area contributed by atoms with Crippen LogP contribution in [0.2, 0.25) is 0 Å². The second-order valence-electron chi connectivity index (χ2n) is 3.44. The number of rotatable bonds is 5. The van der Waals surface area contributed by atoms with E-state index in [1.54, 1.807) is 6.92 Å². The fourth-order valence-electron chi connectivity index (χ4n) is 0.838. The maximum atomic E-state index is 8.58. The summed E-state index contributed by atoms with van der Waals surface area (Å²) < 4.78 is 5.39. The van der Waals surface area contributed by atoms with E-state index in [4.69, 9.17) is 15.7 Å². The molecule has 0 aliphatic rings. The Labute approximate surface area is 74.5 Å². The van der Waals surface area contributed by atoms with E-state index in [0.717, 1.165) is 12.8 Å². The second-order valence-corrected chi connectivity index (χ2v) is 3.44. The molecule has 0 saturated heterocycles. The van der Waals surface area contributed by atoms with E-state index in [-0.39, 0.29) is 6.10 Å². The van der Waals surface area contributed by atoms with Crippen LogP contribution in [-0.4, -0.2) is 18.2 Å². The van der Waals surface area contributed by atoms with E-state index >= 15 is 0 Å². The highest BCUT2D eigenvalue weighted by Gasteiger charge is 2.18. The summed E-state index contributed by atoms with van der Waals surface area (Å²) in [5.74, 6) is 0. The van der Waals surface area contributed by atoms with Crippen molar-refractivity contribution in [1.29, 1.82) is 5.26 Å². The minimum absolute atomic E-state index is 0.200. The molecule has 0 bridgehead atoms. The molecule has 0 heterocycles. The summed E-state index contributed by atoms with van der Waals surface area (Å²) in [6.07, 6.45) is 2.31. The quantitative estimate of drug-likeness (QED) is 0.679. The molecule has 2 N–H and O–H groups in total. The number of nitrogens with zero attached hydrogens (tertiary/aromatic N) is 1. The summed E-state index contributed by atoms with van der Waals surface area (Å²) in [5.41, 5.74) is 4.73. The van der Waals surface area contributed by atoms with Crippen molar-refractivity contribution < 1.29 is 4.74 Å². The van der Waals surface area contributed by atoms with E-state index in [0.29, 0.717) is 6.61 Å². The van der Waals surface area contributed by atoms with Crippen LogP contribution in [0, 0.1) is 11.3 Å². The van der Waals surface area contributed by atoms with Crippen LogP contribution < -0.4 is 5.73 Å². The Morgan fingerprint density at radius 3 is 2.67 bits per heavy atom. The van der Waals surface area contributed by atoms with Crippen LogP contribution in [0.25, 0.3) is 0 Å². The summed E-state index contributed by atoms with van der Waals surface area (Å²) in [4.78, 5) is 0. The van der Waals surface area contributed by atoms with E-state index in [1.807, 2.05) is 13.0 Å². The first-order valence-corrected chi connectivity index (χ1v) is 4.33. The Bertz CT molecular complexity index is 160. The third-order valence-electron chi connectivity index (χ3n) is 1.62. The van der Waals surface area contributed by atoms with Crippen LogP contribution in [0.1, 0.15) is 33.6 Å². The highest BCUT2D eigenvalue weighted by molar-refractivity contribution is 5.00. The normalized spacial score (nSPS) is 17.9. The van der Waals surface area contributed by atoms with Crippen LogP contribution in [0.3, 0.4) is 0 Å². The van der Waals surface area contributed by atoms with Crippen molar-refractivity contribution in [2.75, 3.05) is 6.61 Å². The molecule has 0 aliphatic carbocycles. The predicted octanol–water partition coefficient (Wildman–Crippen LogP) is 1.43. The zero-order valence-corrected chi connectivity index (χ0v) is 8.13.